The average molecular weight is 285 g/mol. The van der Waals surface area contributed by atoms with Gasteiger partial charge in [-0.05, 0) is 53.9 Å². The molecule has 0 saturated carbocycles. The monoisotopic (exact) mass is 285 g/mol. The third kappa shape index (κ3) is 5.43. The molecule has 1 aliphatic heterocycles. The lowest BCUT2D eigenvalue weighted by Crippen LogP contribution is -2.48. The Morgan fingerprint density at radius 2 is 1.84 bits per heavy atom. The Morgan fingerprint density at radius 3 is 2.32 bits per heavy atom. The van der Waals surface area contributed by atoms with E-state index in [0.29, 0.717) is 23.0 Å². The molecule has 0 aromatic rings. The summed E-state index contributed by atoms with van der Waals surface area (Å²) < 4.78 is 0. The molecule has 5 heteroatoms. The highest BCUT2D eigenvalue weighted by atomic mass is 32.2. The van der Waals surface area contributed by atoms with Crippen molar-refractivity contribution in [3.63, 3.8) is 0 Å². The maximum atomic E-state index is 12.3. The number of thioether (sulfide) groups is 1. The lowest BCUT2D eigenvalue weighted by molar-refractivity contribution is -0.134. The summed E-state index contributed by atoms with van der Waals surface area (Å²) in [7, 11) is 0. The number of nitrogens with zero attached hydrogens (tertiary/aromatic N) is 2. The lowest BCUT2D eigenvalue weighted by Gasteiger charge is -2.39. The molecule has 2 N–H and O–H groups in total. The van der Waals surface area contributed by atoms with Crippen molar-refractivity contribution in [2.75, 3.05) is 5.75 Å². The average Bonchev–Trinajstić information content (AvgIpc) is 2.23. The van der Waals surface area contributed by atoms with Crippen LogP contribution in [-0.4, -0.2) is 39.4 Å². The third-order valence-corrected chi connectivity index (χ3v) is 4.05. The fraction of sp³-hybridized carbons (Fsp3) is 0.857. The van der Waals surface area contributed by atoms with E-state index < -0.39 is 0 Å². The third-order valence-electron chi connectivity index (χ3n) is 3.27. The molecule has 1 heterocycles. The Morgan fingerprint density at radius 1 is 1.32 bits per heavy atom. The predicted octanol–water partition coefficient (Wildman–Crippen LogP) is 2.62. The van der Waals surface area contributed by atoms with Gasteiger partial charge in [0.2, 0.25) is 5.91 Å². The van der Waals surface area contributed by atoms with Crippen molar-refractivity contribution in [3.8, 4) is 0 Å². The first kappa shape index (κ1) is 16.3. The van der Waals surface area contributed by atoms with Gasteiger partial charge in [-0.25, -0.2) is 0 Å². The minimum Gasteiger partial charge on any atom is -0.379 e. The van der Waals surface area contributed by atoms with Crippen molar-refractivity contribution < 1.29 is 4.79 Å². The van der Waals surface area contributed by atoms with E-state index in [0.717, 1.165) is 12.8 Å². The van der Waals surface area contributed by atoms with Gasteiger partial charge in [0.05, 0.1) is 11.3 Å². The molecule has 4 nitrogen and oxygen atoms in total. The molecule has 1 rings (SSSR count). The maximum absolute atomic E-state index is 12.3. The van der Waals surface area contributed by atoms with Crippen LogP contribution in [0, 0.1) is 0 Å². The van der Waals surface area contributed by atoms with Crippen LogP contribution in [0.1, 0.15) is 53.9 Å². The lowest BCUT2D eigenvalue weighted by atomic mass is 9.98. The highest BCUT2D eigenvalue weighted by molar-refractivity contribution is 8.14. The number of piperidine rings is 1. The molecule has 2 atom stereocenters. The van der Waals surface area contributed by atoms with E-state index in [-0.39, 0.29) is 11.4 Å². The number of carbonyl (C=O) groups excluding carboxylic acids is 1. The maximum Gasteiger partial charge on any atom is 0.233 e. The van der Waals surface area contributed by atoms with Crippen LogP contribution in [-0.2, 0) is 4.79 Å². The van der Waals surface area contributed by atoms with Gasteiger partial charge >= 0.3 is 0 Å². The number of amidine groups is 1. The molecule has 0 bridgehead atoms. The van der Waals surface area contributed by atoms with Crippen LogP contribution in [0.5, 0.6) is 0 Å². The zero-order chi connectivity index (χ0) is 14.6. The number of hydrogen-bond donors (Lipinski definition) is 1. The van der Waals surface area contributed by atoms with Crippen LogP contribution in [0.3, 0.4) is 0 Å². The number of rotatable bonds is 2. The summed E-state index contributed by atoms with van der Waals surface area (Å²) in [4.78, 5) is 18.6. The highest BCUT2D eigenvalue weighted by Crippen LogP contribution is 2.23. The number of amides is 1. The normalized spacial score (nSPS) is 25.5. The van der Waals surface area contributed by atoms with E-state index in [1.165, 1.54) is 18.2 Å². The molecule has 2 unspecified atom stereocenters. The van der Waals surface area contributed by atoms with Crippen LogP contribution >= 0.6 is 11.8 Å². The summed E-state index contributed by atoms with van der Waals surface area (Å²) in [6.45, 7) is 10.3. The van der Waals surface area contributed by atoms with Gasteiger partial charge in [0.1, 0.15) is 0 Å². The second-order valence-corrected chi connectivity index (χ2v) is 7.34. The van der Waals surface area contributed by atoms with Crippen molar-refractivity contribution in [2.24, 2.45) is 10.7 Å². The zero-order valence-electron chi connectivity index (χ0n) is 12.8. The Hall–Kier alpha value is -0.710. The number of aliphatic imine (C=N–C) groups is 1. The van der Waals surface area contributed by atoms with Crippen LogP contribution in [0.2, 0.25) is 0 Å². The summed E-state index contributed by atoms with van der Waals surface area (Å²) in [6, 6.07) is 0.690. The first-order valence-electron chi connectivity index (χ1n) is 7.00. The van der Waals surface area contributed by atoms with Crippen molar-refractivity contribution in [3.05, 3.63) is 0 Å². The molecule has 0 aromatic heterocycles. The second kappa shape index (κ2) is 6.64. The molecule has 0 aromatic carbocycles. The van der Waals surface area contributed by atoms with Crippen LogP contribution in [0.25, 0.3) is 0 Å². The van der Waals surface area contributed by atoms with Crippen molar-refractivity contribution in [1.82, 2.24) is 4.90 Å². The minimum absolute atomic E-state index is 0.178. The van der Waals surface area contributed by atoms with Crippen molar-refractivity contribution in [2.45, 2.75) is 71.5 Å². The first-order chi connectivity index (χ1) is 8.70. The number of likely N-dealkylation sites (tertiary alicyclic amines) is 1. The molecule has 1 fully saturated rings. The second-order valence-electron chi connectivity index (χ2n) is 6.34. The fourth-order valence-electron chi connectivity index (χ4n) is 2.49. The smallest absolute Gasteiger partial charge is 0.233 e. The molecule has 1 saturated heterocycles. The number of nitrogens with two attached hydrogens (primary N) is 1. The summed E-state index contributed by atoms with van der Waals surface area (Å²) in [5.74, 6) is 0.567. The molecular formula is C14H27N3OS. The van der Waals surface area contributed by atoms with E-state index in [2.05, 4.69) is 18.8 Å². The van der Waals surface area contributed by atoms with E-state index in [1.807, 2.05) is 25.7 Å². The first-order valence-corrected chi connectivity index (χ1v) is 7.98. The van der Waals surface area contributed by atoms with Gasteiger partial charge in [-0.1, -0.05) is 11.8 Å². The zero-order valence-corrected chi connectivity index (χ0v) is 13.6. The summed E-state index contributed by atoms with van der Waals surface area (Å²) >= 11 is 1.35. The molecule has 0 radical (unpaired) electrons. The van der Waals surface area contributed by atoms with E-state index in [1.54, 1.807) is 0 Å². The van der Waals surface area contributed by atoms with E-state index in [9.17, 15) is 4.79 Å². The van der Waals surface area contributed by atoms with Gasteiger partial charge in [-0.2, -0.15) is 0 Å². The molecule has 1 aliphatic rings. The quantitative estimate of drug-likeness (QED) is 0.627. The summed E-state index contributed by atoms with van der Waals surface area (Å²) in [5.41, 5.74) is 5.66. The van der Waals surface area contributed by atoms with Crippen molar-refractivity contribution in [1.29, 1.82) is 0 Å². The number of hydrogen-bond acceptors (Lipinski definition) is 3. The van der Waals surface area contributed by atoms with Gasteiger partial charge in [0.15, 0.2) is 5.17 Å². The van der Waals surface area contributed by atoms with Gasteiger partial charge in [-0.3, -0.25) is 9.79 Å². The van der Waals surface area contributed by atoms with Gasteiger partial charge in [0.25, 0.3) is 0 Å². The Balaban J connectivity index is 2.53. The topological polar surface area (TPSA) is 58.7 Å². The fourth-order valence-corrected chi connectivity index (χ4v) is 3.24. The summed E-state index contributed by atoms with van der Waals surface area (Å²) in [5, 5.41) is 0.498. The van der Waals surface area contributed by atoms with Gasteiger partial charge in [-0.15, -0.1) is 0 Å². The molecule has 19 heavy (non-hydrogen) atoms. The highest BCUT2D eigenvalue weighted by Gasteiger charge is 2.28. The van der Waals surface area contributed by atoms with Gasteiger partial charge in [0, 0.05) is 12.1 Å². The van der Waals surface area contributed by atoms with Crippen molar-refractivity contribution >= 4 is 22.8 Å². The Bertz CT molecular complexity index is 339. The van der Waals surface area contributed by atoms with Crippen LogP contribution < -0.4 is 5.73 Å². The Kier molecular flexibility index (Phi) is 5.71. The van der Waals surface area contributed by atoms with E-state index >= 15 is 0 Å². The predicted molar refractivity (Wildman–Crippen MR) is 83.5 cm³/mol. The minimum atomic E-state index is -0.189. The summed E-state index contributed by atoms with van der Waals surface area (Å²) in [6.07, 6.45) is 3.42. The molecule has 0 spiro atoms. The molecule has 1 amide bonds. The molecule has 0 aliphatic carbocycles. The van der Waals surface area contributed by atoms with Crippen LogP contribution in [0.4, 0.5) is 0 Å². The standard InChI is InChI=1S/C14H27N3OS/c1-10-7-6-8-11(2)17(10)12(18)9-19-13(15)16-14(3,4)5/h10-11H,6-9H2,1-5H3,(H2,15,16). The molecular weight excluding hydrogens is 258 g/mol. The van der Waals surface area contributed by atoms with E-state index in [4.69, 9.17) is 5.73 Å². The Labute approximate surface area is 121 Å². The number of carbonyl (C=O) groups is 1. The van der Waals surface area contributed by atoms with Gasteiger partial charge < -0.3 is 10.6 Å². The SMILES string of the molecule is CC1CCCC(C)N1C(=O)CSC(N)=NC(C)(C)C. The van der Waals surface area contributed by atoms with Crippen LogP contribution in [0.15, 0.2) is 4.99 Å². The largest absolute Gasteiger partial charge is 0.379 e. The molecule has 110 valence electrons.